The molecule has 0 radical (unpaired) electrons. The maximum absolute atomic E-state index is 11.6. The molecule has 1 aromatic rings. The summed E-state index contributed by atoms with van der Waals surface area (Å²) in [5, 5.41) is 5.77. The minimum absolute atomic E-state index is 0. The average molecular weight is 294 g/mol. The van der Waals surface area contributed by atoms with Crippen LogP contribution in [-0.2, 0) is 0 Å². The molecule has 2 N–H and O–H groups in total. The Kier molecular flexibility index (Phi) is 7.38. The Morgan fingerprint density at radius 1 is 1.33 bits per heavy atom. The smallest absolute Gasteiger partial charge is 0.252 e. The summed E-state index contributed by atoms with van der Waals surface area (Å²) in [7, 11) is 1.85. The van der Waals surface area contributed by atoms with E-state index < -0.39 is 0 Å². The van der Waals surface area contributed by atoms with Gasteiger partial charge in [-0.1, -0.05) is 12.1 Å². The summed E-state index contributed by atoms with van der Waals surface area (Å²) < 4.78 is 0.821. The molecule has 0 aromatic heterocycles. The molecule has 0 aliphatic carbocycles. The lowest BCUT2D eigenvalue weighted by Crippen LogP contribution is -2.30. The highest BCUT2D eigenvalue weighted by atomic mass is 79.9. The highest BCUT2D eigenvalue weighted by Gasteiger charge is 2.07. The zero-order valence-corrected chi connectivity index (χ0v) is 10.8. The standard InChI is InChI=1S/C10H13BrN2O.ClH/c1-12-6-7-13-10(14)8-4-2-3-5-9(8)11;/h2-5,12H,6-7H2,1H3,(H,13,14);1H. The molecule has 0 bridgehead atoms. The predicted octanol–water partition coefficient (Wildman–Crippen LogP) is 1.82. The van der Waals surface area contributed by atoms with Gasteiger partial charge in [0.1, 0.15) is 0 Å². The number of hydrogen-bond donors (Lipinski definition) is 2. The number of rotatable bonds is 4. The first-order chi connectivity index (χ1) is 6.75. The number of carbonyl (C=O) groups is 1. The third kappa shape index (κ3) is 4.64. The lowest BCUT2D eigenvalue weighted by atomic mass is 10.2. The van der Waals surface area contributed by atoms with E-state index in [-0.39, 0.29) is 18.3 Å². The van der Waals surface area contributed by atoms with Crippen molar-refractivity contribution in [3.8, 4) is 0 Å². The van der Waals surface area contributed by atoms with E-state index in [1.165, 1.54) is 0 Å². The number of amides is 1. The molecule has 0 atom stereocenters. The first-order valence-electron chi connectivity index (χ1n) is 4.43. The van der Waals surface area contributed by atoms with Crippen molar-refractivity contribution in [3.63, 3.8) is 0 Å². The van der Waals surface area contributed by atoms with Gasteiger partial charge in [0.05, 0.1) is 5.56 Å². The average Bonchev–Trinajstić information content (AvgIpc) is 2.18. The summed E-state index contributed by atoms with van der Waals surface area (Å²) in [6.45, 7) is 1.41. The number of hydrogen-bond acceptors (Lipinski definition) is 2. The van der Waals surface area contributed by atoms with Gasteiger partial charge in [-0.05, 0) is 35.1 Å². The monoisotopic (exact) mass is 292 g/mol. The Balaban J connectivity index is 0.00000196. The lowest BCUT2D eigenvalue weighted by Gasteiger charge is -2.05. The fraction of sp³-hybridized carbons (Fsp3) is 0.300. The van der Waals surface area contributed by atoms with Crippen LogP contribution in [0.1, 0.15) is 10.4 Å². The zero-order valence-electron chi connectivity index (χ0n) is 8.42. The number of nitrogens with one attached hydrogen (secondary N) is 2. The van der Waals surface area contributed by atoms with E-state index in [0.717, 1.165) is 11.0 Å². The molecule has 0 spiro atoms. The molecule has 1 aromatic carbocycles. The fourth-order valence-corrected chi connectivity index (χ4v) is 1.51. The van der Waals surface area contributed by atoms with Gasteiger partial charge in [0.15, 0.2) is 0 Å². The third-order valence-corrected chi connectivity index (χ3v) is 2.47. The summed E-state index contributed by atoms with van der Waals surface area (Å²) in [6, 6.07) is 7.37. The quantitative estimate of drug-likeness (QED) is 0.832. The normalized spacial score (nSPS) is 9.20. The molecule has 84 valence electrons. The van der Waals surface area contributed by atoms with Crippen molar-refractivity contribution in [2.24, 2.45) is 0 Å². The second-order valence-electron chi connectivity index (χ2n) is 2.84. The Morgan fingerprint density at radius 3 is 2.60 bits per heavy atom. The molecule has 0 fully saturated rings. The minimum atomic E-state index is -0.0484. The Morgan fingerprint density at radius 2 is 2.00 bits per heavy atom. The van der Waals surface area contributed by atoms with E-state index in [4.69, 9.17) is 0 Å². The van der Waals surface area contributed by atoms with Crippen LogP contribution in [0.2, 0.25) is 0 Å². The molecule has 0 saturated heterocycles. The van der Waals surface area contributed by atoms with Gasteiger partial charge in [-0.2, -0.15) is 0 Å². The summed E-state index contributed by atoms with van der Waals surface area (Å²) in [5.41, 5.74) is 0.670. The van der Waals surface area contributed by atoms with E-state index in [0.29, 0.717) is 12.1 Å². The van der Waals surface area contributed by atoms with Crippen LogP contribution >= 0.6 is 28.3 Å². The number of benzene rings is 1. The first kappa shape index (κ1) is 14.4. The molecule has 0 aliphatic heterocycles. The summed E-state index contributed by atoms with van der Waals surface area (Å²) in [4.78, 5) is 11.6. The van der Waals surface area contributed by atoms with Crippen LogP contribution in [0.25, 0.3) is 0 Å². The van der Waals surface area contributed by atoms with E-state index in [2.05, 4.69) is 26.6 Å². The molecule has 1 amide bonds. The van der Waals surface area contributed by atoms with Gasteiger partial charge in [-0.3, -0.25) is 4.79 Å². The largest absolute Gasteiger partial charge is 0.351 e. The van der Waals surface area contributed by atoms with Crippen LogP contribution < -0.4 is 10.6 Å². The molecule has 0 saturated carbocycles. The van der Waals surface area contributed by atoms with Gasteiger partial charge >= 0.3 is 0 Å². The SMILES string of the molecule is CNCCNC(=O)c1ccccc1Br.Cl. The van der Waals surface area contributed by atoms with Crippen molar-refractivity contribution >= 4 is 34.2 Å². The first-order valence-corrected chi connectivity index (χ1v) is 5.22. The lowest BCUT2D eigenvalue weighted by molar-refractivity contribution is 0.0953. The van der Waals surface area contributed by atoms with Crippen LogP contribution in [0.3, 0.4) is 0 Å². The summed E-state index contributed by atoms with van der Waals surface area (Å²) in [6.07, 6.45) is 0. The van der Waals surface area contributed by atoms with Gasteiger partial charge in [0, 0.05) is 17.6 Å². The molecule has 3 nitrogen and oxygen atoms in total. The van der Waals surface area contributed by atoms with E-state index in [9.17, 15) is 4.79 Å². The second kappa shape index (κ2) is 7.68. The highest BCUT2D eigenvalue weighted by Crippen LogP contribution is 2.15. The predicted molar refractivity (Wildman–Crippen MR) is 67.6 cm³/mol. The number of carbonyl (C=O) groups excluding carboxylic acids is 1. The zero-order chi connectivity index (χ0) is 10.4. The molecule has 5 heteroatoms. The van der Waals surface area contributed by atoms with E-state index in [1.54, 1.807) is 6.07 Å². The van der Waals surface area contributed by atoms with Gasteiger partial charge < -0.3 is 10.6 Å². The van der Waals surface area contributed by atoms with E-state index in [1.807, 2.05) is 25.2 Å². The maximum Gasteiger partial charge on any atom is 0.252 e. The Labute approximate surface area is 104 Å². The van der Waals surface area contributed by atoms with Crippen molar-refractivity contribution in [3.05, 3.63) is 34.3 Å². The van der Waals surface area contributed by atoms with Crippen molar-refractivity contribution in [1.29, 1.82) is 0 Å². The van der Waals surface area contributed by atoms with Crippen LogP contribution in [0.4, 0.5) is 0 Å². The van der Waals surface area contributed by atoms with Crippen LogP contribution in [0, 0.1) is 0 Å². The molecule has 1 rings (SSSR count). The molecular weight excluding hydrogens is 279 g/mol. The Hall–Kier alpha value is -0.580. The van der Waals surface area contributed by atoms with Gasteiger partial charge in [0.2, 0.25) is 0 Å². The molecule has 15 heavy (non-hydrogen) atoms. The number of halogens is 2. The fourth-order valence-electron chi connectivity index (χ4n) is 1.04. The van der Waals surface area contributed by atoms with Crippen LogP contribution in [-0.4, -0.2) is 26.0 Å². The molecule has 0 heterocycles. The Bertz CT molecular complexity index is 320. The van der Waals surface area contributed by atoms with Gasteiger partial charge in [-0.15, -0.1) is 12.4 Å². The topological polar surface area (TPSA) is 41.1 Å². The minimum Gasteiger partial charge on any atom is -0.351 e. The highest BCUT2D eigenvalue weighted by molar-refractivity contribution is 9.10. The molecule has 0 aliphatic rings. The van der Waals surface area contributed by atoms with E-state index >= 15 is 0 Å². The van der Waals surface area contributed by atoms with Gasteiger partial charge in [-0.25, -0.2) is 0 Å². The van der Waals surface area contributed by atoms with Crippen LogP contribution in [0.5, 0.6) is 0 Å². The molecular formula is C10H14BrClN2O. The maximum atomic E-state index is 11.6. The van der Waals surface area contributed by atoms with Crippen LogP contribution in [0.15, 0.2) is 28.7 Å². The number of likely N-dealkylation sites (N-methyl/N-ethyl adjacent to an activating group) is 1. The van der Waals surface area contributed by atoms with Crippen molar-refractivity contribution in [1.82, 2.24) is 10.6 Å². The molecule has 0 unspecified atom stereocenters. The third-order valence-electron chi connectivity index (χ3n) is 1.78. The van der Waals surface area contributed by atoms with Crippen molar-refractivity contribution in [2.75, 3.05) is 20.1 Å². The van der Waals surface area contributed by atoms with Gasteiger partial charge in [0.25, 0.3) is 5.91 Å². The van der Waals surface area contributed by atoms with Crippen molar-refractivity contribution in [2.45, 2.75) is 0 Å². The van der Waals surface area contributed by atoms with Crippen molar-refractivity contribution < 1.29 is 4.79 Å². The summed E-state index contributed by atoms with van der Waals surface area (Å²) >= 11 is 3.33. The summed E-state index contributed by atoms with van der Waals surface area (Å²) in [5.74, 6) is -0.0484. The second-order valence-corrected chi connectivity index (χ2v) is 3.69.